The summed E-state index contributed by atoms with van der Waals surface area (Å²) in [6, 6.07) is 12.2. The van der Waals surface area contributed by atoms with Crippen LogP contribution in [-0.2, 0) is 4.74 Å². The van der Waals surface area contributed by atoms with E-state index in [0.717, 1.165) is 18.4 Å². The number of aromatic hydroxyl groups is 1. The quantitative estimate of drug-likeness (QED) is 0.178. The number of hydrogen-bond donors (Lipinski definition) is 1. The van der Waals surface area contributed by atoms with Gasteiger partial charge in [0.1, 0.15) is 22.8 Å². The minimum Gasteiger partial charge on any atom is -0.507 e. The molecule has 0 spiro atoms. The van der Waals surface area contributed by atoms with Gasteiger partial charge in [-0.3, -0.25) is 4.79 Å². The van der Waals surface area contributed by atoms with Crippen molar-refractivity contribution in [1.29, 1.82) is 0 Å². The summed E-state index contributed by atoms with van der Waals surface area (Å²) in [5, 5.41) is 10.2. The van der Waals surface area contributed by atoms with Crippen LogP contribution >= 0.6 is 0 Å². The Morgan fingerprint density at radius 3 is 2.43 bits per heavy atom. The Hall–Kier alpha value is -2.79. The number of rotatable bonds is 14. The molecular formula is C25H32O5. The highest BCUT2D eigenvalue weighted by Crippen LogP contribution is 2.29. The smallest absolute Gasteiger partial charge is 0.193 e. The second-order valence-electron chi connectivity index (χ2n) is 7.08. The van der Waals surface area contributed by atoms with E-state index in [4.69, 9.17) is 14.2 Å². The fraction of sp³-hybridized carbons (Fsp3) is 0.400. The van der Waals surface area contributed by atoms with Crippen molar-refractivity contribution in [3.8, 4) is 17.2 Å². The van der Waals surface area contributed by atoms with Crippen molar-refractivity contribution in [1.82, 2.24) is 0 Å². The van der Waals surface area contributed by atoms with E-state index in [1.165, 1.54) is 37.8 Å². The number of carbonyl (C=O) groups excluding carboxylic acids is 1. The third-order valence-corrected chi connectivity index (χ3v) is 4.66. The number of ketones is 1. The summed E-state index contributed by atoms with van der Waals surface area (Å²) >= 11 is 0. The van der Waals surface area contributed by atoms with Crippen LogP contribution in [0.1, 0.15) is 61.4 Å². The highest BCUT2D eigenvalue weighted by Gasteiger charge is 2.15. The molecule has 0 radical (unpaired) electrons. The average molecular weight is 413 g/mol. The van der Waals surface area contributed by atoms with Crippen molar-refractivity contribution >= 4 is 11.9 Å². The third-order valence-electron chi connectivity index (χ3n) is 4.66. The maximum absolute atomic E-state index is 12.7. The van der Waals surface area contributed by atoms with E-state index in [9.17, 15) is 9.90 Å². The minimum absolute atomic E-state index is 0.0755. The molecule has 5 nitrogen and oxygen atoms in total. The molecule has 0 atom stereocenters. The summed E-state index contributed by atoms with van der Waals surface area (Å²) in [7, 11) is 1.56. The maximum Gasteiger partial charge on any atom is 0.193 e. The fourth-order valence-electron chi connectivity index (χ4n) is 3.01. The van der Waals surface area contributed by atoms with Crippen molar-refractivity contribution in [2.45, 2.75) is 45.4 Å². The molecule has 5 heteroatoms. The number of allylic oxidation sites excluding steroid dienone is 1. The molecule has 0 amide bonds. The summed E-state index contributed by atoms with van der Waals surface area (Å²) in [5.41, 5.74) is 1.04. The Balaban J connectivity index is 1.95. The first kappa shape index (κ1) is 23.5. The Labute approximate surface area is 179 Å². The van der Waals surface area contributed by atoms with Crippen LogP contribution < -0.4 is 9.47 Å². The summed E-state index contributed by atoms with van der Waals surface area (Å²) in [6.45, 7) is 2.91. The largest absolute Gasteiger partial charge is 0.507 e. The van der Waals surface area contributed by atoms with Crippen LogP contribution in [-0.4, -0.2) is 31.4 Å². The van der Waals surface area contributed by atoms with Gasteiger partial charge in [-0.2, -0.15) is 0 Å². The van der Waals surface area contributed by atoms with Crippen LogP contribution in [0, 0.1) is 0 Å². The normalized spacial score (nSPS) is 11.0. The summed E-state index contributed by atoms with van der Waals surface area (Å²) < 4.78 is 16.0. The molecule has 2 aromatic carbocycles. The Morgan fingerprint density at radius 2 is 1.70 bits per heavy atom. The molecule has 1 N–H and O–H groups in total. The van der Waals surface area contributed by atoms with Gasteiger partial charge in [0.15, 0.2) is 12.6 Å². The van der Waals surface area contributed by atoms with Crippen LogP contribution in [0.15, 0.2) is 48.5 Å². The van der Waals surface area contributed by atoms with Crippen molar-refractivity contribution in [2.24, 2.45) is 0 Å². The van der Waals surface area contributed by atoms with Gasteiger partial charge in [0.2, 0.25) is 0 Å². The van der Waals surface area contributed by atoms with Gasteiger partial charge in [0.05, 0.1) is 6.61 Å². The van der Waals surface area contributed by atoms with Gasteiger partial charge in [-0.25, -0.2) is 0 Å². The van der Waals surface area contributed by atoms with E-state index in [0.29, 0.717) is 18.1 Å². The number of benzene rings is 2. The number of hydrogen-bond acceptors (Lipinski definition) is 5. The first-order valence-electron chi connectivity index (χ1n) is 10.5. The SMILES string of the molecule is CCCCCCCCOc1cccc(O)c1C(=O)/C=C/c1ccc(OCOC)cc1. The zero-order valence-electron chi connectivity index (χ0n) is 17.9. The Kier molecular flexibility index (Phi) is 10.5. The van der Waals surface area contributed by atoms with Crippen LogP contribution in [0.4, 0.5) is 0 Å². The molecule has 0 saturated carbocycles. The molecule has 0 bridgehead atoms. The van der Waals surface area contributed by atoms with Crippen molar-refractivity contribution < 1.29 is 24.1 Å². The van der Waals surface area contributed by atoms with E-state index in [1.807, 2.05) is 12.1 Å². The number of unbranched alkanes of at least 4 members (excludes halogenated alkanes) is 5. The molecule has 0 aliphatic rings. The molecule has 0 aliphatic carbocycles. The highest BCUT2D eigenvalue weighted by molar-refractivity contribution is 6.10. The number of ether oxygens (including phenoxy) is 3. The van der Waals surface area contributed by atoms with Crippen molar-refractivity contribution in [3.05, 3.63) is 59.7 Å². The lowest BCUT2D eigenvalue weighted by atomic mass is 10.1. The molecule has 0 saturated heterocycles. The van der Waals surface area contributed by atoms with Gasteiger partial charge < -0.3 is 19.3 Å². The molecule has 162 valence electrons. The summed E-state index contributed by atoms with van der Waals surface area (Å²) in [4.78, 5) is 12.7. The topological polar surface area (TPSA) is 65.0 Å². The molecule has 0 fully saturated rings. The average Bonchev–Trinajstić information content (AvgIpc) is 2.76. The zero-order chi connectivity index (χ0) is 21.6. The molecule has 0 aliphatic heterocycles. The van der Waals surface area contributed by atoms with Gasteiger partial charge in [0, 0.05) is 7.11 Å². The van der Waals surface area contributed by atoms with Gasteiger partial charge in [-0.05, 0) is 42.3 Å². The second kappa shape index (κ2) is 13.4. The number of carbonyl (C=O) groups is 1. The lowest BCUT2D eigenvalue weighted by Gasteiger charge is -2.11. The van der Waals surface area contributed by atoms with Gasteiger partial charge in [-0.15, -0.1) is 0 Å². The number of methoxy groups -OCH3 is 1. The van der Waals surface area contributed by atoms with Gasteiger partial charge >= 0.3 is 0 Å². The van der Waals surface area contributed by atoms with Crippen molar-refractivity contribution in [2.75, 3.05) is 20.5 Å². The van der Waals surface area contributed by atoms with Crippen LogP contribution in [0.5, 0.6) is 17.2 Å². The first-order chi connectivity index (χ1) is 14.7. The van der Waals surface area contributed by atoms with Crippen molar-refractivity contribution in [3.63, 3.8) is 0 Å². The van der Waals surface area contributed by atoms with Crippen LogP contribution in [0.25, 0.3) is 6.08 Å². The van der Waals surface area contributed by atoms with E-state index in [2.05, 4.69) is 6.92 Å². The lowest BCUT2D eigenvalue weighted by Crippen LogP contribution is -2.04. The standard InChI is InChI=1S/C25H32O5/c1-3-4-5-6-7-8-18-29-24-11-9-10-22(26)25(24)23(27)17-14-20-12-15-21(16-13-20)30-19-28-2/h9-17,26H,3-8,18-19H2,1-2H3/b17-14+. The predicted octanol–water partition coefficient (Wildman–Crippen LogP) is 6.01. The molecular weight excluding hydrogens is 380 g/mol. The van der Waals surface area contributed by atoms with Crippen LogP contribution in [0.3, 0.4) is 0 Å². The van der Waals surface area contributed by atoms with Gasteiger partial charge in [-0.1, -0.05) is 63.3 Å². The monoisotopic (exact) mass is 412 g/mol. The molecule has 2 aromatic rings. The second-order valence-corrected chi connectivity index (χ2v) is 7.08. The van der Waals surface area contributed by atoms with Crippen LogP contribution in [0.2, 0.25) is 0 Å². The van der Waals surface area contributed by atoms with Gasteiger partial charge in [0.25, 0.3) is 0 Å². The zero-order valence-corrected chi connectivity index (χ0v) is 17.9. The van der Waals surface area contributed by atoms with E-state index >= 15 is 0 Å². The minimum atomic E-state index is -0.300. The number of phenols is 1. The fourth-order valence-corrected chi connectivity index (χ4v) is 3.01. The van der Waals surface area contributed by atoms with E-state index in [-0.39, 0.29) is 23.9 Å². The molecule has 0 aromatic heterocycles. The Bertz CT molecular complexity index is 796. The molecule has 0 unspecified atom stereocenters. The summed E-state index contributed by atoms with van der Waals surface area (Å²) in [5.74, 6) is 0.729. The van der Waals surface area contributed by atoms with E-state index < -0.39 is 0 Å². The third kappa shape index (κ3) is 7.91. The molecule has 2 rings (SSSR count). The predicted molar refractivity (Wildman–Crippen MR) is 119 cm³/mol. The highest BCUT2D eigenvalue weighted by atomic mass is 16.7. The summed E-state index contributed by atoms with van der Waals surface area (Å²) in [6.07, 6.45) is 10.1. The number of phenolic OH excluding ortho intramolecular Hbond substituents is 1. The molecule has 30 heavy (non-hydrogen) atoms. The molecule has 0 heterocycles. The Morgan fingerprint density at radius 1 is 0.967 bits per heavy atom. The maximum atomic E-state index is 12.7. The first-order valence-corrected chi connectivity index (χ1v) is 10.5. The lowest BCUT2D eigenvalue weighted by molar-refractivity contribution is 0.0511. The van der Waals surface area contributed by atoms with E-state index in [1.54, 1.807) is 37.5 Å².